The third-order valence-corrected chi connectivity index (χ3v) is 13.8. The Hall–Kier alpha value is -1.38. The van der Waals surface area contributed by atoms with Crippen LogP contribution in [0.1, 0.15) is 120 Å². The van der Waals surface area contributed by atoms with Gasteiger partial charge in [-0.25, -0.2) is 24.3 Å². The molecule has 2 aliphatic carbocycles. The number of fused-ring (bicyclic) bond motifs is 4. The van der Waals surface area contributed by atoms with E-state index in [2.05, 4.69) is 32.9 Å². The van der Waals surface area contributed by atoms with Gasteiger partial charge in [-0.2, -0.15) is 0 Å². The molecule has 0 radical (unpaired) electrons. The maximum atomic E-state index is 12.9. The van der Waals surface area contributed by atoms with E-state index >= 15 is 0 Å². The summed E-state index contributed by atoms with van der Waals surface area (Å²) in [5.74, 6) is -0.149. The Labute approximate surface area is 290 Å². The quantitative estimate of drug-likeness (QED) is 0.0979. The Morgan fingerprint density at radius 3 is 1.80 bits per heavy atom. The number of nitrogens with zero attached hydrogens (tertiary/aromatic N) is 1. The molecular weight excluding hydrogens is 634 g/mol. The second-order valence-electron chi connectivity index (χ2n) is 18.1. The van der Waals surface area contributed by atoms with E-state index in [1.807, 2.05) is 13.8 Å². The van der Waals surface area contributed by atoms with Crippen molar-refractivity contribution < 1.29 is 52.9 Å². The van der Waals surface area contributed by atoms with E-state index in [0.29, 0.717) is 24.0 Å². The van der Waals surface area contributed by atoms with Crippen LogP contribution in [-0.4, -0.2) is 65.0 Å². The summed E-state index contributed by atoms with van der Waals surface area (Å²) < 4.78 is 32.8. The second-order valence-corrected chi connectivity index (χ2v) is 18.1. The lowest BCUT2D eigenvalue weighted by Crippen LogP contribution is -2.71. The maximum Gasteiger partial charge on any atom is 0.535 e. The van der Waals surface area contributed by atoms with Crippen molar-refractivity contribution in [3.05, 3.63) is 0 Å². The zero-order valence-corrected chi connectivity index (χ0v) is 30.7. The zero-order chi connectivity index (χ0) is 34.7. The minimum Gasteiger partial charge on any atom is -0.427 e. The number of carbonyl (C=O) groups excluding carboxylic acids is 1. The maximum absolute atomic E-state index is 12.9. The van der Waals surface area contributed by atoms with Crippen LogP contribution in [0, 0.1) is 47.3 Å². The number of carbonyl (C=O) groups is 1. The van der Waals surface area contributed by atoms with Crippen LogP contribution in [-0.2, 0) is 48.1 Å². The summed E-state index contributed by atoms with van der Waals surface area (Å²) in [7, 11) is 0. The Kier molecular flexibility index (Phi) is 8.37. The number of rotatable bonds is 4. The number of oxime groups is 1. The average Bonchev–Trinajstić information content (AvgIpc) is 3.40. The molecule has 0 aromatic carbocycles. The number of hydrogen-bond acceptors (Lipinski definition) is 12. The highest BCUT2D eigenvalue weighted by molar-refractivity contribution is 5.89. The molecule has 12 nitrogen and oxygen atoms in total. The Morgan fingerprint density at radius 1 is 0.714 bits per heavy atom. The molecule has 0 N–H and O–H groups in total. The molecule has 0 amide bonds. The van der Waals surface area contributed by atoms with Gasteiger partial charge in [0.2, 0.25) is 11.6 Å². The van der Waals surface area contributed by atoms with Crippen molar-refractivity contribution in [3.63, 3.8) is 0 Å². The summed E-state index contributed by atoms with van der Waals surface area (Å²) in [6.45, 7) is 18.3. The summed E-state index contributed by atoms with van der Waals surface area (Å²) in [6, 6.07) is 0. The molecule has 0 aromatic rings. The van der Waals surface area contributed by atoms with Crippen LogP contribution in [0.15, 0.2) is 5.16 Å². The molecule has 2 saturated carbocycles. The topological polar surface area (TPSA) is 122 Å². The minimum atomic E-state index is -0.911. The summed E-state index contributed by atoms with van der Waals surface area (Å²) >= 11 is 0. The van der Waals surface area contributed by atoms with E-state index in [9.17, 15) is 4.79 Å². The first kappa shape index (κ1) is 34.7. The van der Waals surface area contributed by atoms with Gasteiger partial charge in [-0.1, -0.05) is 32.9 Å². The smallest absolute Gasteiger partial charge is 0.427 e. The molecule has 8 aliphatic heterocycles. The van der Waals surface area contributed by atoms with E-state index in [1.165, 1.54) is 0 Å². The van der Waals surface area contributed by atoms with Crippen molar-refractivity contribution >= 4 is 11.9 Å². The fourth-order valence-electron chi connectivity index (χ4n) is 11.3. The van der Waals surface area contributed by atoms with Crippen LogP contribution in [0.3, 0.4) is 0 Å². The molecule has 16 atom stereocenters. The van der Waals surface area contributed by atoms with Crippen molar-refractivity contribution in [2.75, 3.05) is 0 Å². The first-order chi connectivity index (χ1) is 23.1. The molecule has 10 fully saturated rings. The summed E-state index contributed by atoms with van der Waals surface area (Å²) in [6.07, 6.45) is 4.86. The van der Waals surface area contributed by atoms with Crippen LogP contribution in [0.25, 0.3) is 0 Å². The fraction of sp³-hybridized carbons (Fsp3) is 0.946. The van der Waals surface area contributed by atoms with Gasteiger partial charge in [0.25, 0.3) is 0 Å². The van der Waals surface area contributed by atoms with Gasteiger partial charge < -0.3 is 23.7 Å². The second kappa shape index (κ2) is 11.8. The molecule has 49 heavy (non-hydrogen) atoms. The highest BCUT2D eigenvalue weighted by atomic mass is 17.3. The number of ether oxygens (including phenoxy) is 5. The van der Waals surface area contributed by atoms with Crippen LogP contribution in [0.4, 0.5) is 4.79 Å². The van der Waals surface area contributed by atoms with Gasteiger partial charge in [0.15, 0.2) is 23.8 Å². The highest BCUT2D eigenvalue weighted by Gasteiger charge is 2.71. The zero-order valence-electron chi connectivity index (χ0n) is 30.7. The van der Waals surface area contributed by atoms with Crippen LogP contribution in [0.5, 0.6) is 0 Å². The third kappa shape index (κ3) is 5.44. The minimum absolute atomic E-state index is 0.0483. The monoisotopic (exact) mass is 691 g/mol. The van der Waals surface area contributed by atoms with Gasteiger partial charge >= 0.3 is 6.16 Å². The van der Waals surface area contributed by atoms with E-state index < -0.39 is 53.2 Å². The van der Waals surface area contributed by atoms with Gasteiger partial charge in [0, 0.05) is 31.1 Å². The van der Waals surface area contributed by atoms with Crippen LogP contribution in [0.2, 0.25) is 0 Å². The highest BCUT2D eigenvalue weighted by Crippen LogP contribution is 2.63. The first-order valence-electron chi connectivity index (χ1n) is 18.9. The largest absolute Gasteiger partial charge is 0.535 e. The average molecular weight is 692 g/mol. The predicted molar refractivity (Wildman–Crippen MR) is 173 cm³/mol. The molecular formula is C37H57NO11. The van der Waals surface area contributed by atoms with E-state index in [1.54, 1.807) is 20.8 Å². The molecule has 8 heterocycles. The summed E-state index contributed by atoms with van der Waals surface area (Å²) in [4.78, 5) is 43.3. The molecule has 2 spiro atoms. The predicted octanol–water partition coefficient (Wildman–Crippen LogP) is 7.19. The molecule has 8 saturated heterocycles. The van der Waals surface area contributed by atoms with Crippen LogP contribution >= 0.6 is 0 Å². The van der Waals surface area contributed by atoms with Gasteiger partial charge in [0.05, 0.1) is 11.8 Å². The SMILES string of the molecule is C[C@H]1[C@@H](/C(C[C@H]2O[C@@H]3O[C@]4(C)CC[C@H]5[C@H](C)CC[C@@H]([C@H]2C)[C@@]35OO4)=N\OC(=O)OC(C)(C)C)O[C@@H]2O[C@]3(C)CCC4[C@H](C)CC[C@@H]1[C@]42OO3. The molecule has 10 rings (SSSR count). The van der Waals surface area contributed by atoms with Crippen molar-refractivity contribution in [2.45, 2.75) is 173 Å². The fourth-order valence-corrected chi connectivity index (χ4v) is 11.3. The van der Waals surface area contributed by atoms with Crippen molar-refractivity contribution in [1.82, 2.24) is 0 Å². The summed E-state index contributed by atoms with van der Waals surface area (Å²) in [5.41, 5.74) is -1.56. The Morgan fingerprint density at radius 2 is 1.24 bits per heavy atom. The van der Waals surface area contributed by atoms with Gasteiger partial charge in [-0.05, 0) is 109 Å². The van der Waals surface area contributed by atoms with Crippen molar-refractivity contribution in [1.29, 1.82) is 0 Å². The lowest BCUT2D eigenvalue weighted by atomic mass is 9.56. The normalized spacial score (nSPS) is 53.5. The van der Waals surface area contributed by atoms with Crippen molar-refractivity contribution in [3.8, 4) is 0 Å². The Balaban J connectivity index is 1.13. The molecule has 276 valence electrons. The summed E-state index contributed by atoms with van der Waals surface area (Å²) in [5, 5.41) is 4.56. The van der Waals surface area contributed by atoms with Gasteiger partial charge in [-0.15, -0.1) is 0 Å². The van der Waals surface area contributed by atoms with Crippen LogP contribution < -0.4 is 0 Å². The molecule has 10 aliphatic rings. The lowest BCUT2D eigenvalue weighted by molar-refractivity contribution is -0.571. The lowest BCUT2D eigenvalue weighted by Gasteiger charge is -2.61. The van der Waals surface area contributed by atoms with Gasteiger partial charge in [0.1, 0.15) is 11.7 Å². The Bertz CT molecular complexity index is 1340. The molecule has 4 bridgehead atoms. The molecule has 12 heteroatoms. The van der Waals surface area contributed by atoms with E-state index in [0.717, 1.165) is 51.4 Å². The number of hydrogen-bond donors (Lipinski definition) is 0. The third-order valence-electron chi connectivity index (χ3n) is 13.8. The van der Waals surface area contributed by atoms with E-state index in [-0.39, 0.29) is 41.6 Å². The van der Waals surface area contributed by atoms with Crippen molar-refractivity contribution in [2.24, 2.45) is 52.5 Å². The van der Waals surface area contributed by atoms with E-state index in [4.69, 9.17) is 48.1 Å². The standard InChI is InChI=1S/C37H57NO11/c1-19-10-12-25-21(3)28(40-30-36(25)23(19)14-16-34(8,42-30)46-48-36)18-27(38-45-32(39)44-33(5,6)7)29-22(4)26-13-11-20(2)24-15-17-35(9)43-31(41-29)37(24,26)49-47-35/h19-26,28-31H,10-18H2,1-9H3/b38-27-/t19-,20-,21-,22-,23+,24?,25+,26+,28-,29+,30-,31-,34+,35+,36-,37-/m1/s1. The first-order valence-corrected chi connectivity index (χ1v) is 18.9. The van der Waals surface area contributed by atoms with Gasteiger partial charge in [-0.3, -0.25) is 4.84 Å². The molecule has 0 aromatic heterocycles. The molecule has 1 unspecified atom stereocenters.